The van der Waals surface area contributed by atoms with Crippen molar-refractivity contribution >= 4 is 0 Å². The van der Waals surface area contributed by atoms with Crippen LogP contribution in [0, 0.1) is 0 Å². The highest BCUT2D eigenvalue weighted by Crippen LogP contribution is 2.35. The summed E-state index contributed by atoms with van der Waals surface area (Å²) in [5.74, 6) is 2.13. The third kappa shape index (κ3) is 2.95. The first-order valence-electron chi connectivity index (χ1n) is 6.69. The van der Waals surface area contributed by atoms with Gasteiger partial charge in [0, 0.05) is 0 Å². The topological polar surface area (TPSA) is 53.7 Å². The van der Waals surface area contributed by atoms with Crippen molar-refractivity contribution in [1.29, 1.82) is 0 Å². The summed E-state index contributed by atoms with van der Waals surface area (Å²) in [7, 11) is 4.87. The minimum absolute atomic E-state index is 0.659. The number of nitrogens with two attached hydrogens (primary N) is 1. The Labute approximate surface area is 125 Å². The molecular weight excluding hydrogens is 266 g/mol. The van der Waals surface area contributed by atoms with Crippen LogP contribution >= 0.6 is 0 Å². The molecule has 0 aromatic heterocycles. The van der Waals surface area contributed by atoms with Crippen LogP contribution in [-0.4, -0.2) is 21.3 Å². The Balaban J connectivity index is 2.47. The first-order chi connectivity index (χ1) is 10.0. The van der Waals surface area contributed by atoms with Gasteiger partial charge in [-0.05, 0) is 42.3 Å². The van der Waals surface area contributed by atoms with Gasteiger partial charge in [-0.2, -0.15) is 0 Å². The lowest BCUT2D eigenvalue weighted by molar-refractivity contribution is 0.353. The van der Waals surface area contributed by atoms with E-state index in [1.54, 1.807) is 21.3 Å². The van der Waals surface area contributed by atoms with E-state index in [0.29, 0.717) is 11.5 Å². The molecule has 21 heavy (non-hydrogen) atoms. The van der Waals surface area contributed by atoms with Gasteiger partial charge in [-0.3, -0.25) is 0 Å². The van der Waals surface area contributed by atoms with E-state index < -0.39 is 5.54 Å². The zero-order valence-electron chi connectivity index (χ0n) is 12.8. The molecule has 0 heterocycles. The molecular formula is C17H21NO3. The molecule has 1 unspecified atom stereocenters. The van der Waals surface area contributed by atoms with E-state index in [-0.39, 0.29) is 0 Å². The van der Waals surface area contributed by atoms with Crippen molar-refractivity contribution in [2.45, 2.75) is 12.5 Å². The third-order valence-corrected chi connectivity index (χ3v) is 3.65. The largest absolute Gasteiger partial charge is 0.497 e. The zero-order chi connectivity index (χ0) is 15.5. The van der Waals surface area contributed by atoms with Gasteiger partial charge in [-0.1, -0.05) is 18.2 Å². The summed E-state index contributed by atoms with van der Waals surface area (Å²) < 4.78 is 15.9. The molecule has 0 saturated heterocycles. The fourth-order valence-electron chi connectivity index (χ4n) is 2.27. The Bertz CT molecular complexity index is 623. The molecule has 1 atom stereocenters. The standard InChI is InChI=1S/C17H21NO3/c1-17(18,12-6-5-7-14(10-12)19-2)13-8-9-15(20-3)16(11-13)21-4/h5-11H,18H2,1-4H3. The van der Waals surface area contributed by atoms with Gasteiger partial charge in [-0.25, -0.2) is 0 Å². The molecule has 0 bridgehead atoms. The number of hydrogen-bond donors (Lipinski definition) is 1. The van der Waals surface area contributed by atoms with E-state index in [2.05, 4.69) is 0 Å². The van der Waals surface area contributed by atoms with Crippen molar-refractivity contribution in [2.24, 2.45) is 5.73 Å². The lowest BCUT2D eigenvalue weighted by Crippen LogP contribution is -2.34. The van der Waals surface area contributed by atoms with Gasteiger partial charge in [0.05, 0.1) is 26.9 Å². The minimum atomic E-state index is -0.659. The summed E-state index contributed by atoms with van der Waals surface area (Å²) in [5, 5.41) is 0. The molecule has 0 amide bonds. The van der Waals surface area contributed by atoms with Gasteiger partial charge in [0.25, 0.3) is 0 Å². The van der Waals surface area contributed by atoms with Crippen LogP contribution in [0.5, 0.6) is 17.2 Å². The Morgan fingerprint density at radius 3 is 2.10 bits per heavy atom. The minimum Gasteiger partial charge on any atom is -0.497 e. The molecule has 112 valence electrons. The van der Waals surface area contributed by atoms with E-state index in [4.69, 9.17) is 19.9 Å². The summed E-state index contributed by atoms with van der Waals surface area (Å²) >= 11 is 0. The molecule has 0 saturated carbocycles. The summed E-state index contributed by atoms with van der Waals surface area (Å²) in [6.45, 7) is 1.96. The lowest BCUT2D eigenvalue weighted by Gasteiger charge is -2.27. The van der Waals surface area contributed by atoms with Crippen molar-refractivity contribution in [2.75, 3.05) is 21.3 Å². The fraction of sp³-hybridized carbons (Fsp3) is 0.294. The number of rotatable bonds is 5. The molecule has 0 radical (unpaired) electrons. The van der Waals surface area contributed by atoms with Crippen molar-refractivity contribution in [3.05, 3.63) is 53.6 Å². The SMILES string of the molecule is COc1cccc(C(C)(N)c2ccc(OC)c(OC)c2)c1. The van der Waals surface area contributed by atoms with Gasteiger partial charge in [-0.15, -0.1) is 0 Å². The van der Waals surface area contributed by atoms with Crippen LogP contribution in [0.3, 0.4) is 0 Å². The maximum Gasteiger partial charge on any atom is 0.161 e. The highest BCUT2D eigenvalue weighted by Gasteiger charge is 2.25. The Morgan fingerprint density at radius 2 is 1.48 bits per heavy atom. The number of benzene rings is 2. The first-order valence-corrected chi connectivity index (χ1v) is 6.69. The van der Waals surface area contributed by atoms with Gasteiger partial charge < -0.3 is 19.9 Å². The molecule has 4 nitrogen and oxygen atoms in total. The van der Waals surface area contributed by atoms with Gasteiger partial charge >= 0.3 is 0 Å². The normalized spacial score (nSPS) is 13.4. The van der Waals surface area contributed by atoms with Crippen LogP contribution in [0.1, 0.15) is 18.1 Å². The predicted molar refractivity (Wildman–Crippen MR) is 83.2 cm³/mol. The van der Waals surface area contributed by atoms with Crippen LogP contribution < -0.4 is 19.9 Å². The fourth-order valence-corrected chi connectivity index (χ4v) is 2.27. The van der Waals surface area contributed by atoms with Crippen LogP contribution in [0.25, 0.3) is 0 Å². The number of methoxy groups -OCH3 is 3. The van der Waals surface area contributed by atoms with E-state index in [9.17, 15) is 0 Å². The van der Waals surface area contributed by atoms with E-state index in [1.807, 2.05) is 49.4 Å². The van der Waals surface area contributed by atoms with Crippen molar-refractivity contribution in [3.8, 4) is 17.2 Å². The van der Waals surface area contributed by atoms with E-state index >= 15 is 0 Å². The Kier molecular flexibility index (Phi) is 4.38. The summed E-state index contributed by atoms with van der Waals surface area (Å²) in [4.78, 5) is 0. The molecule has 0 spiro atoms. The highest BCUT2D eigenvalue weighted by atomic mass is 16.5. The maximum absolute atomic E-state index is 6.55. The summed E-state index contributed by atoms with van der Waals surface area (Å²) in [6, 6.07) is 13.5. The Morgan fingerprint density at radius 1 is 0.810 bits per heavy atom. The van der Waals surface area contributed by atoms with E-state index in [1.165, 1.54) is 0 Å². The second-order valence-corrected chi connectivity index (χ2v) is 5.00. The van der Waals surface area contributed by atoms with Crippen LogP contribution in [-0.2, 0) is 5.54 Å². The lowest BCUT2D eigenvalue weighted by atomic mass is 9.85. The molecule has 2 rings (SSSR count). The molecule has 4 heteroatoms. The first kappa shape index (κ1) is 15.2. The predicted octanol–water partition coefficient (Wildman–Crippen LogP) is 2.93. The van der Waals surface area contributed by atoms with Crippen LogP contribution in [0.15, 0.2) is 42.5 Å². The molecule has 0 aliphatic carbocycles. The molecule has 2 N–H and O–H groups in total. The smallest absolute Gasteiger partial charge is 0.161 e. The average molecular weight is 287 g/mol. The highest BCUT2D eigenvalue weighted by molar-refractivity contribution is 5.48. The summed E-state index contributed by atoms with van der Waals surface area (Å²) in [5.41, 5.74) is 7.79. The second kappa shape index (κ2) is 6.06. The van der Waals surface area contributed by atoms with Crippen molar-refractivity contribution in [1.82, 2.24) is 0 Å². The van der Waals surface area contributed by atoms with Crippen molar-refractivity contribution in [3.63, 3.8) is 0 Å². The van der Waals surface area contributed by atoms with Crippen molar-refractivity contribution < 1.29 is 14.2 Å². The zero-order valence-corrected chi connectivity index (χ0v) is 12.8. The summed E-state index contributed by atoms with van der Waals surface area (Å²) in [6.07, 6.45) is 0. The molecule has 0 fully saturated rings. The molecule has 2 aromatic carbocycles. The monoisotopic (exact) mass is 287 g/mol. The molecule has 2 aromatic rings. The van der Waals surface area contributed by atoms with Crippen LogP contribution in [0.4, 0.5) is 0 Å². The number of hydrogen-bond acceptors (Lipinski definition) is 4. The quantitative estimate of drug-likeness (QED) is 0.918. The average Bonchev–Trinajstić information content (AvgIpc) is 2.54. The van der Waals surface area contributed by atoms with Crippen LogP contribution in [0.2, 0.25) is 0 Å². The van der Waals surface area contributed by atoms with Gasteiger partial charge in [0.1, 0.15) is 5.75 Å². The van der Waals surface area contributed by atoms with E-state index in [0.717, 1.165) is 16.9 Å². The molecule has 0 aliphatic heterocycles. The third-order valence-electron chi connectivity index (χ3n) is 3.65. The Hall–Kier alpha value is -2.20. The van der Waals surface area contributed by atoms with Gasteiger partial charge in [0.2, 0.25) is 0 Å². The maximum atomic E-state index is 6.55. The second-order valence-electron chi connectivity index (χ2n) is 5.00. The molecule has 0 aliphatic rings. The van der Waals surface area contributed by atoms with Gasteiger partial charge in [0.15, 0.2) is 11.5 Å². The number of ether oxygens (including phenoxy) is 3.